The highest BCUT2D eigenvalue weighted by Crippen LogP contribution is 2.31. The largest absolute Gasteiger partial charge is 0.506 e. The Labute approximate surface area is 280 Å². The molecule has 0 spiro atoms. The van der Waals surface area contributed by atoms with E-state index in [4.69, 9.17) is 18.3 Å². The summed E-state index contributed by atoms with van der Waals surface area (Å²) in [5, 5.41) is 35.2. The number of fused-ring (bicyclic) bond motifs is 2. The van der Waals surface area contributed by atoms with E-state index in [1.54, 1.807) is 0 Å². The number of hydrogen-bond acceptors (Lipinski definition) is 11. The third kappa shape index (κ3) is 6.94. The van der Waals surface area contributed by atoms with Gasteiger partial charge in [-0.25, -0.2) is 14.4 Å². The highest BCUT2D eigenvalue weighted by atomic mass is 16.5. The minimum absolute atomic E-state index is 0.0914. The summed E-state index contributed by atoms with van der Waals surface area (Å²) in [6, 6.07) is 26.7. The summed E-state index contributed by atoms with van der Waals surface area (Å²) in [6.45, 7) is 0.344. The zero-order valence-corrected chi connectivity index (χ0v) is 25.7. The van der Waals surface area contributed by atoms with E-state index in [2.05, 4.69) is 0 Å². The molecule has 0 bridgehead atoms. The lowest BCUT2D eigenvalue weighted by molar-refractivity contribution is -0.139. The van der Waals surface area contributed by atoms with E-state index in [1.165, 1.54) is 36.4 Å². The van der Waals surface area contributed by atoms with Gasteiger partial charge in [-0.2, -0.15) is 0 Å². The van der Waals surface area contributed by atoms with Gasteiger partial charge in [0.15, 0.2) is 11.1 Å². The summed E-state index contributed by atoms with van der Waals surface area (Å²) < 4.78 is 21.8. The Morgan fingerprint density at radius 2 is 1.02 bits per heavy atom. The Morgan fingerprint density at radius 1 is 0.620 bits per heavy atom. The predicted octanol–water partition coefficient (Wildman–Crippen LogP) is 4.04. The van der Waals surface area contributed by atoms with Crippen molar-refractivity contribution in [2.75, 3.05) is 0 Å². The number of carbonyl (C=O) groups excluding carboxylic acids is 2. The van der Waals surface area contributed by atoms with Gasteiger partial charge in [-0.1, -0.05) is 60.7 Å². The van der Waals surface area contributed by atoms with Crippen LogP contribution in [0.2, 0.25) is 0 Å². The molecule has 0 saturated carbocycles. The number of carboxylic acid groups (broad SMARTS) is 1. The number of nitrogens with one attached hydrogen (secondary N) is 2. The van der Waals surface area contributed by atoms with Gasteiger partial charge in [-0.3, -0.25) is 9.59 Å². The van der Waals surface area contributed by atoms with Crippen LogP contribution in [0.15, 0.2) is 115 Å². The van der Waals surface area contributed by atoms with Crippen molar-refractivity contribution in [3.05, 3.63) is 140 Å². The standard InChI is InChI=1S/C36H26N2O12/c39-29-23-15-21(47-17-19-7-3-1-4-8-19)11-13-25(23)49-35(45)27(29)32(41)37-31(34(43)44)38-33(42)28-30(40)24-16-22(12-14-26(24)50-36(28)46)48-18-20-9-5-2-6-10-20/h1-16,31,39-40H,17-18H2,(H,37,41)(H,38,42)(H,43,44). The highest BCUT2D eigenvalue weighted by Gasteiger charge is 2.30. The fourth-order valence-electron chi connectivity index (χ4n) is 4.96. The summed E-state index contributed by atoms with van der Waals surface area (Å²) in [6.07, 6.45) is -2.26. The molecular formula is C36H26N2O12. The van der Waals surface area contributed by atoms with E-state index in [-0.39, 0.29) is 46.7 Å². The molecule has 0 saturated heterocycles. The summed E-state index contributed by atoms with van der Waals surface area (Å²) in [5.74, 6) is -5.85. The number of rotatable bonds is 11. The minimum Gasteiger partial charge on any atom is -0.506 e. The molecule has 0 aliphatic heterocycles. The quantitative estimate of drug-likeness (QED) is 0.0970. The van der Waals surface area contributed by atoms with Gasteiger partial charge in [0.05, 0.1) is 10.8 Å². The monoisotopic (exact) mass is 678 g/mol. The number of aromatic hydroxyl groups is 2. The van der Waals surface area contributed by atoms with Gasteiger partial charge in [0.2, 0.25) is 6.17 Å². The minimum atomic E-state index is -2.26. The predicted molar refractivity (Wildman–Crippen MR) is 176 cm³/mol. The van der Waals surface area contributed by atoms with Gasteiger partial charge < -0.3 is 44.3 Å². The van der Waals surface area contributed by atoms with Crippen LogP contribution in [0, 0.1) is 0 Å². The Hall–Kier alpha value is -7.09. The Morgan fingerprint density at radius 3 is 1.40 bits per heavy atom. The molecule has 0 aliphatic carbocycles. The van der Waals surface area contributed by atoms with E-state index in [0.717, 1.165) is 11.1 Å². The van der Waals surface area contributed by atoms with Gasteiger partial charge in [0.25, 0.3) is 11.8 Å². The molecule has 252 valence electrons. The summed E-state index contributed by atoms with van der Waals surface area (Å²) >= 11 is 0. The van der Waals surface area contributed by atoms with Crippen molar-refractivity contribution in [1.29, 1.82) is 0 Å². The number of benzene rings is 4. The fourth-order valence-corrected chi connectivity index (χ4v) is 4.96. The zero-order valence-electron chi connectivity index (χ0n) is 25.7. The Kier molecular flexibility index (Phi) is 9.16. The molecule has 4 aromatic carbocycles. The molecular weight excluding hydrogens is 652 g/mol. The number of ether oxygens (including phenoxy) is 2. The maximum Gasteiger partial charge on any atom is 0.353 e. The van der Waals surface area contributed by atoms with Gasteiger partial charge in [-0.05, 0) is 47.5 Å². The number of carbonyl (C=O) groups is 3. The van der Waals surface area contributed by atoms with Crippen LogP contribution >= 0.6 is 0 Å². The molecule has 5 N–H and O–H groups in total. The topological polar surface area (TPSA) is 215 Å². The van der Waals surface area contributed by atoms with E-state index < -0.39 is 57.8 Å². The number of amides is 2. The summed E-state index contributed by atoms with van der Waals surface area (Å²) in [5.41, 5.74) is -3.02. The van der Waals surface area contributed by atoms with Crippen LogP contribution in [0.5, 0.6) is 23.0 Å². The molecule has 0 unspecified atom stereocenters. The fraction of sp³-hybridized carbons (Fsp3) is 0.0833. The van der Waals surface area contributed by atoms with E-state index in [1.807, 2.05) is 71.3 Å². The van der Waals surface area contributed by atoms with Crippen molar-refractivity contribution in [1.82, 2.24) is 10.6 Å². The first-order chi connectivity index (χ1) is 24.1. The summed E-state index contributed by atoms with van der Waals surface area (Å²) in [7, 11) is 0. The molecule has 14 heteroatoms. The van der Waals surface area contributed by atoms with Crippen LogP contribution in [-0.4, -0.2) is 39.3 Å². The number of aliphatic carboxylic acids is 1. The normalized spacial score (nSPS) is 11.0. The molecule has 6 aromatic rings. The first-order valence-electron chi connectivity index (χ1n) is 14.9. The first-order valence-corrected chi connectivity index (χ1v) is 14.9. The van der Waals surface area contributed by atoms with Crippen LogP contribution in [0.1, 0.15) is 31.8 Å². The van der Waals surface area contributed by atoms with Crippen molar-refractivity contribution in [3.63, 3.8) is 0 Å². The lowest BCUT2D eigenvalue weighted by Gasteiger charge is -2.17. The lowest BCUT2D eigenvalue weighted by Crippen LogP contribution is -2.53. The molecule has 0 radical (unpaired) electrons. The van der Waals surface area contributed by atoms with Crippen LogP contribution in [0.4, 0.5) is 0 Å². The Balaban J connectivity index is 1.22. The van der Waals surface area contributed by atoms with E-state index in [9.17, 15) is 39.3 Å². The average Bonchev–Trinajstić information content (AvgIpc) is 3.10. The zero-order chi connectivity index (χ0) is 35.4. The van der Waals surface area contributed by atoms with Gasteiger partial charge >= 0.3 is 17.2 Å². The molecule has 0 fully saturated rings. The number of carboxylic acids is 1. The molecule has 2 heterocycles. The highest BCUT2D eigenvalue weighted by molar-refractivity contribution is 6.05. The molecule has 14 nitrogen and oxygen atoms in total. The smallest absolute Gasteiger partial charge is 0.353 e. The first kappa shape index (κ1) is 32.8. The summed E-state index contributed by atoms with van der Waals surface area (Å²) in [4.78, 5) is 63.8. The van der Waals surface area contributed by atoms with Crippen molar-refractivity contribution in [2.24, 2.45) is 0 Å². The van der Waals surface area contributed by atoms with Crippen LogP contribution in [-0.2, 0) is 18.0 Å². The second-order valence-electron chi connectivity index (χ2n) is 10.8. The van der Waals surface area contributed by atoms with Gasteiger partial charge in [0, 0.05) is 0 Å². The van der Waals surface area contributed by atoms with Crippen molar-refractivity contribution < 1.29 is 48.0 Å². The van der Waals surface area contributed by atoms with Crippen molar-refractivity contribution in [3.8, 4) is 23.0 Å². The third-order valence-corrected chi connectivity index (χ3v) is 7.45. The lowest BCUT2D eigenvalue weighted by atomic mass is 10.1. The number of hydrogen-bond donors (Lipinski definition) is 5. The van der Waals surface area contributed by atoms with Crippen LogP contribution < -0.4 is 31.4 Å². The average molecular weight is 679 g/mol. The van der Waals surface area contributed by atoms with Crippen LogP contribution in [0.3, 0.4) is 0 Å². The SMILES string of the molecule is O=C(NC(NC(=O)c1c(O)c2cc(OCc3ccccc3)ccc2oc1=O)C(=O)O)c1c(O)c2cc(OCc3ccccc3)ccc2oc1=O. The second-order valence-corrected chi connectivity index (χ2v) is 10.8. The molecule has 50 heavy (non-hydrogen) atoms. The molecule has 2 amide bonds. The van der Waals surface area contributed by atoms with Gasteiger partial charge in [-0.15, -0.1) is 0 Å². The second kappa shape index (κ2) is 13.9. The molecule has 0 aliphatic rings. The third-order valence-electron chi connectivity index (χ3n) is 7.45. The van der Waals surface area contributed by atoms with Crippen molar-refractivity contribution in [2.45, 2.75) is 19.4 Å². The molecule has 2 aromatic heterocycles. The molecule has 0 atom stereocenters. The molecule has 6 rings (SSSR count). The maximum absolute atomic E-state index is 13.1. The van der Waals surface area contributed by atoms with E-state index in [0.29, 0.717) is 0 Å². The van der Waals surface area contributed by atoms with Crippen LogP contribution in [0.25, 0.3) is 21.9 Å². The van der Waals surface area contributed by atoms with Crippen molar-refractivity contribution >= 4 is 39.7 Å². The maximum atomic E-state index is 13.1. The van der Waals surface area contributed by atoms with Gasteiger partial charge in [0.1, 0.15) is 47.4 Å². The van der Waals surface area contributed by atoms with E-state index >= 15 is 0 Å². The Bertz CT molecular complexity index is 2210.